The van der Waals surface area contributed by atoms with Crippen molar-refractivity contribution in [1.29, 1.82) is 0 Å². The second-order valence-corrected chi connectivity index (χ2v) is 8.86. The highest BCUT2D eigenvalue weighted by atomic mass is 19.4. The highest BCUT2D eigenvalue weighted by Crippen LogP contribution is 2.62. The molecule has 17 heteroatoms. The van der Waals surface area contributed by atoms with Crippen molar-refractivity contribution < 1.29 is 75.4 Å². The molecule has 0 spiro atoms. The lowest BCUT2D eigenvalue weighted by Crippen LogP contribution is -2.70. The van der Waals surface area contributed by atoms with Crippen molar-refractivity contribution >= 4 is 0 Å². The zero-order chi connectivity index (χ0) is 29.2. The van der Waals surface area contributed by atoms with Crippen LogP contribution in [0.3, 0.4) is 0 Å². The normalized spacial score (nSPS) is 17.2. The molecule has 0 bridgehead atoms. The standard InChI is InChI=1S/C19H16F16O/c1-11(2,3)9-4-6-10(7-5-9)12(36,18(30,31)32)8-13(20,21)14(22,23)15(24,25)16(26,27)17(28,29)19(33,34)35/h4-7,36H,8H2,1-3H3. The predicted molar refractivity (Wildman–Crippen MR) is 90.5 cm³/mol. The number of alkyl halides is 16. The molecular weight excluding hydrogens is 548 g/mol. The fourth-order valence-corrected chi connectivity index (χ4v) is 2.85. The van der Waals surface area contributed by atoms with E-state index in [-0.39, 0.29) is 17.7 Å². The second kappa shape index (κ2) is 8.55. The Hall–Kier alpha value is -1.94. The molecule has 36 heavy (non-hydrogen) atoms. The van der Waals surface area contributed by atoms with Crippen LogP contribution in [0.5, 0.6) is 0 Å². The fraction of sp³-hybridized carbons (Fsp3) is 0.684. The Morgan fingerprint density at radius 2 is 0.833 bits per heavy atom. The van der Waals surface area contributed by atoms with Crippen molar-refractivity contribution in [2.24, 2.45) is 0 Å². The van der Waals surface area contributed by atoms with Gasteiger partial charge in [-0.2, -0.15) is 70.2 Å². The first kappa shape index (κ1) is 32.1. The van der Waals surface area contributed by atoms with E-state index < -0.39 is 65.0 Å². The van der Waals surface area contributed by atoms with Gasteiger partial charge in [0.2, 0.25) is 0 Å². The maximum Gasteiger partial charge on any atom is 0.460 e. The minimum atomic E-state index is -8.27. The molecule has 1 nitrogen and oxygen atoms in total. The van der Waals surface area contributed by atoms with E-state index in [9.17, 15) is 75.4 Å². The lowest BCUT2D eigenvalue weighted by Gasteiger charge is -2.42. The summed E-state index contributed by atoms with van der Waals surface area (Å²) < 4.78 is 213. The number of rotatable bonds is 7. The Kier molecular flexibility index (Phi) is 7.62. The topological polar surface area (TPSA) is 20.2 Å². The van der Waals surface area contributed by atoms with Gasteiger partial charge in [-0.25, -0.2) is 0 Å². The molecule has 0 radical (unpaired) electrons. The predicted octanol–water partition coefficient (Wildman–Crippen LogP) is 7.86. The van der Waals surface area contributed by atoms with Crippen LogP contribution in [0.15, 0.2) is 24.3 Å². The molecule has 0 amide bonds. The average molecular weight is 564 g/mol. The van der Waals surface area contributed by atoms with E-state index in [0.29, 0.717) is 0 Å². The maximum absolute atomic E-state index is 14.1. The van der Waals surface area contributed by atoms with Gasteiger partial charge in [0.25, 0.3) is 0 Å². The molecule has 1 aromatic carbocycles. The van der Waals surface area contributed by atoms with Crippen LogP contribution in [0.4, 0.5) is 70.2 Å². The van der Waals surface area contributed by atoms with E-state index in [0.717, 1.165) is 12.1 Å². The second-order valence-electron chi connectivity index (χ2n) is 8.86. The van der Waals surface area contributed by atoms with Crippen LogP contribution in [0.1, 0.15) is 38.3 Å². The maximum atomic E-state index is 14.1. The number of benzene rings is 1. The lowest BCUT2D eigenvalue weighted by atomic mass is 9.80. The van der Waals surface area contributed by atoms with Crippen molar-refractivity contribution in [2.75, 3.05) is 0 Å². The van der Waals surface area contributed by atoms with Gasteiger partial charge in [-0.1, -0.05) is 45.0 Å². The lowest BCUT2D eigenvalue weighted by molar-refractivity contribution is -0.443. The van der Waals surface area contributed by atoms with Gasteiger partial charge >= 0.3 is 42.0 Å². The molecule has 1 unspecified atom stereocenters. The highest BCUT2D eigenvalue weighted by molar-refractivity contribution is 5.32. The van der Waals surface area contributed by atoms with E-state index in [2.05, 4.69) is 0 Å². The third kappa shape index (κ3) is 4.83. The molecule has 0 saturated carbocycles. The summed E-state index contributed by atoms with van der Waals surface area (Å²) in [7, 11) is 0. The van der Waals surface area contributed by atoms with E-state index in [1.54, 1.807) is 0 Å². The first-order valence-electron chi connectivity index (χ1n) is 9.28. The molecule has 0 heterocycles. The summed E-state index contributed by atoms with van der Waals surface area (Å²) in [5.41, 5.74) is -7.46. The Morgan fingerprint density at radius 1 is 0.500 bits per heavy atom. The minimum absolute atomic E-state index is 0.188. The SMILES string of the molecule is CC(C)(C)c1ccc(C(O)(CC(F)(F)C(F)(F)C(F)(F)C(F)(F)C(F)(F)C(F)(F)F)C(F)(F)F)cc1. The van der Waals surface area contributed by atoms with Crippen LogP contribution in [-0.2, 0) is 11.0 Å². The molecule has 0 fully saturated rings. The van der Waals surface area contributed by atoms with Crippen molar-refractivity contribution in [1.82, 2.24) is 0 Å². The first-order valence-corrected chi connectivity index (χ1v) is 9.28. The van der Waals surface area contributed by atoms with Gasteiger partial charge in [0.15, 0.2) is 5.60 Å². The first-order chi connectivity index (χ1) is 15.4. The van der Waals surface area contributed by atoms with E-state index >= 15 is 0 Å². The van der Waals surface area contributed by atoms with E-state index in [1.165, 1.54) is 20.8 Å². The summed E-state index contributed by atoms with van der Waals surface area (Å²) in [6.07, 6.45) is -17.9. The largest absolute Gasteiger partial charge is 0.460 e. The number of hydrogen-bond donors (Lipinski definition) is 1. The number of halogens is 16. The van der Waals surface area contributed by atoms with Gasteiger partial charge in [-0.3, -0.25) is 0 Å². The molecule has 1 rings (SSSR count). The molecule has 1 N–H and O–H groups in total. The Morgan fingerprint density at radius 3 is 1.14 bits per heavy atom. The van der Waals surface area contributed by atoms with Crippen LogP contribution >= 0.6 is 0 Å². The summed E-state index contributed by atoms with van der Waals surface area (Å²) in [5, 5.41) is 9.87. The quantitative estimate of drug-likeness (QED) is 0.335. The summed E-state index contributed by atoms with van der Waals surface area (Å²) in [5.74, 6) is -39.7. The summed E-state index contributed by atoms with van der Waals surface area (Å²) in [6, 6.07) is 2.11. The Labute approximate surface area is 192 Å². The summed E-state index contributed by atoms with van der Waals surface area (Å²) >= 11 is 0. The molecule has 0 aromatic heterocycles. The Bertz CT molecular complexity index is 921. The van der Waals surface area contributed by atoms with Crippen LogP contribution in [0, 0.1) is 0 Å². The molecule has 1 atom stereocenters. The zero-order valence-electron chi connectivity index (χ0n) is 18.0. The van der Waals surface area contributed by atoms with Crippen LogP contribution in [-0.4, -0.2) is 47.1 Å². The Balaban J connectivity index is 3.68. The van der Waals surface area contributed by atoms with Crippen molar-refractivity contribution in [3.63, 3.8) is 0 Å². The molecule has 0 aliphatic heterocycles. The van der Waals surface area contributed by atoms with Crippen LogP contribution < -0.4 is 0 Å². The van der Waals surface area contributed by atoms with Gasteiger partial charge in [0.1, 0.15) is 0 Å². The van der Waals surface area contributed by atoms with Gasteiger partial charge in [-0.05, 0) is 16.5 Å². The van der Waals surface area contributed by atoms with Gasteiger partial charge < -0.3 is 5.11 Å². The minimum Gasteiger partial charge on any atom is -0.376 e. The molecule has 0 aliphatic rings. The molecule has 210 valence electrons. The highest BCUT2D eigenvalue weighted by Gasteiger charge is 2.91. The summed E-state index contributed by atoms with van der Waals surface area (Å²) in [4.78, 5) is 0. The molecule has 0 saturated heterocycles. The molecular formula is C19H16F16O. The van der Waals surface area contributed by atoms with E-state index in [4.69, 9.17) is 0 Å². The smallest absolute Gasteiger partial charge is 0.376 e. The average Bonchev–Trinajstić information content (AvgIpc) is 2.64. The molecule has 1 aromatic rings. The number of aliphatic hydroxyl groups is 1. The monoisotopic (exact) mass is 564 g/mol. The van der Waals surface area contributed by atoms with Gasteiger partial charge in [0, 0.05) is 0 Å². The summed E-state index contributed by atoms with van der Waals surface area (Å²) in [6.45, 7) is 4.52. The van der Waals surface area contributed by atoms with Gasteiger partial charge in [0.05, 0.1) is 6.42 Å². The third-order valence-electron chi connectivity index (χ3n) is 5.17. The molecule has 0 aliphatic carbocycles. The van der Waals surface area contributed by atoms with Crippen LogP contribution in [0.25, 0.3) is 0 Å². The van der Waals surface area contributed by atoms with Crippen molar-refractivity contribution in [3.8, 4) is 0 Å². The van der Waals surface area contributed by atoms with E-state index in [1.807, 2.05) is 0 Å². The van der Waals surface area contributed by atoms with Crippen molar-refractivity contribution in [3.05, 3.63) is 35.4 Å². The third-order valence-corrected chi connectivity index (χ3v) is 5.17. The van der Waals surface area contributed by atoms with Crippen LogP contribution in [0.2, 0.25) is 0 Å². The number of hydrogen-bond acceptors (Lipinski definition) is 1. The zero-order valence-corrected chi connectivity index (χ0v) is 18.0. The van der Waals surface area contributed by atoms with Gasteiger partial charge in [-0.15, -0.1) is 0 Å². The fourth-order valence-electron chi connectivity index (χ4n) is 2.85. The van der Waals surface area contributed by atoms with Crippen molar-refractivity contribution in [2.45, 2.75) is 80.2 Å².